The number of aliphatic hydroxyl groups is 1. The van der Waals surface area contributed by atoms with E-state index in [9.17, 15) is 0 Å². The first-order valence-electron chi connectivity index (χ1n) is 7.36. The SMILES string of the molecule is Cc1cc(C)nc(-n2nc(C)c3cc(CCCO)cnc32)n1. The van der Waals surface area contributed by atoms with E-state index < -0.39 is 0 Å². The molecule has 0 saturated heterocycles. The Morgan fingerprint density at radius 2 is 1.82 bits per heavy atom. The van der Waals surface area contributed by atoms with Crippen molar-refractivity contribution in [2.24, 2.45) is 0 Å². The molecule has 0 aliphatic carbocycles. The number of hydrogen-bond donors (Lipinski definition) is 1. The summed E-state index contributed by atoms with van der Waals surface area (Å²) in [6, 6.07) is 4.02. The second-order valence-corrected chi connectivity index (χ2v) is 5.49. The quantitative estimate of drug-likeness (QED) is 0.797. The molecule has 6 nitrogen and oxygen atoms in total. The highest BCUT2D eigenvalue weighted by molar-refractivity contribution is 5.79. The number of aromatic nitrogens is 5. The molecular formula is C16H19N5O. The molecule has 0 aromatic carbocycles. The fraction of sp³-hybridized carbons (Fsp3) is 0.375. The van der Waals surface area contributed by atoms with Crippen LogP contribution in [0, 0.1) is 20.8 Å². The minimum atomic E-state index is 0.187. The van der Waals surface area contributed by atoms with Gasteiger partial charge in [-0.3, -0.25) is 0 Å². The van der Waals surface area contributed by atoms with Crippen molar-refractivity contribution >= 4 is 11.0 Å². The molecule has 1 N–H and O–H groups in total. The van der Waals surface area contributed by atoms with E-state index in [1.165, 1.54) is 0 Å². The van der Waals surface area contributed by atoms with E-state index in [1.807, 2.05) is 33.0 Å². The van der Waals surface area contributed by atoms with Crippen LogP contribution in [0.2, 0.25) is 0 Å². The fourth-order valence-electron chi connectivity index (χ4n) is 2.55. The molecule has 3 heterocycles. The smallest absolute Gasteiger partial charge is 0.253 e. The molecule has 3 aromatic rings. The maximum Gasteiger partial charge on any atom is 0.253 e. The van der Waals surface area contributed by atoms with E-state index in [0.717, 1.165) is 46.5 Å². The maximum absolute atomic E-state index is 8.95. The minimum absolute atomic E-state index is 0.187. The van der Waals surface area contributed by atoms with Crippen LogP contribution >= 0.6 is 0 Å². The molecule has 114 valence electrons. The third-order valence-corrected chi connectivity index (χ3v) is 3.55. The van der Waals surface area contributed by atoms with Crippen molar-refractivity contribution in [1.29, 1.82) is 0 Å². The van der Waals surface area contributed by atoms with Crippen LogP contribution in [-0.4, -0.2) is 36.4 Å². The molecule has 0 spiro atoms. The van der Waals surface area contributed by atoms with Crippen LogP contribution in [0.5, 0.6) is 0 Å². The van der Waals surface area contributed by atoms with Crippen molar-refractivity contribution in [3.63, 3.8) is 0 Å². The molecule has 0 bridgehead atoms. The van der Waals surface area contributed by atoms with Crippen LogP contribution in [0.25, 0.3) is 17.0 Å². The average Bonchev–Trinajstić information content (AvgIpc) is 2.81. The fourth-order valence-corrected chi connectivity index (χ4v) is 2.55. The van der Waals surface area contributed by atoms with E-state index in [4.69, 9.17) is 5.11 Å². The van der Waals surface area contributed by atoms with Crippen LogP contribution in [-0.2, 0) is 6.42 Å². The lowest BCUT2D eigenvalue weighted by molar-refractivity contribution is 0.288. The molecule has 6 heteroatoms. The Morgan fingerprint density at radius 3 is 2.50 bits per heavy atom. The topological polar surface area (TPSA) is 76.7 Å². The van der Waals surface area contributed by atoms with Gasteiger partial charge in [-0.25, -0.2) is 15.0 Å². The summed E-state index contributed by atoms with van der Waals surface area (Å²) >= 11 is 0. The van der Waals surface area contributed by atoms with Crippen molar-refractivity contribution in [1.82, 2.24) is 24.7 Å². The average molecular weight is 297 g/mol. The number of pyridine rings is 1. The van der Waals surface area contributed by atoms with Crippen molar-refractivity contribution in [3.8, 4) is 5.95 Å². The molecule has 0 unspecified atom stereocenters. The van der Waals surface area contributed by atoms with Crippen molar-refractivity contribution in [3.05, 3.63) is 41.0 Å². The molecule has 0 atom stereocenters. The van der Waals surface area contributed by atoms with Crippen LogP contribution in [0.15, 0.2) is 18.3 Å². The summed E-state index contributed by atoms with van der Waals surface area (Å²) in [7, 11) is 0. The van der Waals surface area contributed by atoms with Gasteiger partial charge >= 0.3 is 0 Å². The lowest BCUT2D eigenvalue weighted by Crippen LogP contribution is -2.06. The summed E-state index contributed by atoms with van der Waals surface area (Å²) in [5.41, 5.74) is 4.57. The Morgan fingerprint density at radius 1 is 1.09 bits per heavy atom. The standard InChI is InChI=1S/C16H19N5O/c1-10-7-11(2)19-16(18-10)21-15-14(12(3)20-21)8-13(9-17-15)5-4-6-22/h7-9,22H,4-6H2,1-3H3. The molecule has 3 rings (SSSR count). The third-order valence-electron chi connectivity index (χ3n) is 3.55. The second kappa shape index (κ2) is 5.81. The lowest BCUT2D eigenvalue weighted by atomic mass is 10.1. The lowest BCUT2D eigenvalue weighted by Gasteiger charge is -2.04. The second-order valence-electron chi connectivity index (χ2n) is 5.49. The van der Waals surface area contributed by atoms with Crippen LogP contribution in [0.1, 0.15) is 29.1 Å². The molecule has 22 heavy (non-hydrogen) atoms. The molecule has 0 fully saturated rings. The largest absolute Gasteiger partial charge is 0.396 e. The zero-order chi connectivity index (χ0) is 15.7. The summed E-state index contributed by atoms with van der Waals surface area (Å²) in [4.78, 5) is 13.4. The normalized spacial score (nSPS) is 11.3. The van der Waals surface area contributed by atoms with Gasteiger partial charge in [0, 0.05) is 29.6 Å². The van der Waals surface area contributed by atoms with Gasteiger partial charge in [0.2, 0.25) is 0 Å². The molecule has 0 amide bonds. The summed E-state index contributed by atoms with van der Waals surface area (Å²) in [6.07, 6.45) is 3.38. The molecular weight excluding hydrogens is 278 g/mol. The zero-order valence-corrected chi connectivity index (χ0v) is 13.0. The van der Waals surface area contributed by atoms with E-state index in [-0.39, 0.29) is 6.61 Å². The zero-order valence-electron chi connectivity index (χ0n) is 13.0. The number of nitrogens with zero attached hydrogens (tertiary/aromatic N) is 5. The number of aliphatic hydroxyl groups excluding tert-OH is 1. The highest BCUT2D eigenvalue weighted by atomic mass is 16.2. The molecule has 3 aromatic heterocycles. The van der Waals surface area contributed by atoms with E-state index in [2.05, 4.69) is 26.1 Å². The number of hydrogen-bond acceptors (Lipinski definition) is 5. The van der Waals surface area contributed by atoms with E-state index >= 15 is 0 Å². The summed E-state index contributed by atoms with van der Waals surface area (Å²) in [5.74, 6) is 0.547. The van der Waals surface area contributed by atoms with Crippen molar-refractivity contribution in [2.75, 3.05) is 6.61 Å². The predicted molar refractivity (Wildman–Crippen MR) is 84.1 cm³/mol. The molecule has 0 aliphatic rings. The third kappa shape index (κ3) is 2.69. The highest BCUT2D eigenvalue weighted by Gasteiger charge is 2.13. The van der Waals surface area contributed by atoms with Gasteiger partial charge in [0.05, 0.1) is 5.69 Å². The number of fused-ring (bicyclic) bond motifs is 1. The van der Waals surface area contributed by atoms with Crippen LogP contribution in [0.4, 0.5) is 0 Å². The van der Waals surface area contributed by atoms with Gasteiger partial charge in [0.25, 0.3) is 5.95 Å². The van der Waals surface area contributed by atoms with Crippen LogP contribution < -0.4 is 0 Å². The first-order chi connectivity index (χ1) is 10.6. The van der Waals surface area contributed by atoms with Gasteiger partial charge < -0.3 is 5.11 Å². The molecule has 0 radical (unpaired) electrons. The summed E-state index contributed by atoms with van der Waals surface area (Å²) in [6.45, 7) is 6.03. The van der Waals surface area contributed by atoms with Gasteiger partial charge in [0.15, 0.2) is 5.65 Å². The number of aryl methyl sites for hydroxylation is 4. The first-order valence-corrected chi connectivity index (χ1v) is 7.36. The van der Waals surface area contributed by atoms with Crippen molar-refractivity contribution in [2.45, 2.75) is 33.6 Å². The van der Waals surface area contributed by atoms with E-state index in [0.29, 0.717) is 5.95 Å². The molecule has 0 aliphatic heterocycles. The van der Waals surface area contributed by atoms with Gasteiger partial charge in [-0.15, -0.1) is 0 Å². The van der Waals surface area contributed by atoms with Gasteiger partial charge in [0.1, 0.15) is 0 Å². The minimum Gasteiger partial charge on any atom is -0.396 e. The first kappa shape index (κ1) is 14.6. The van der Waals surface area contributed by atoms with Crippen molar-refractivity contribution < 1.29 is 5.11 Å². The molecule has 0 saturated carbocycles. The Labute approximate surface area is 128 Å². The van der Waals surface area contributed by atoms with E-state index in [1.54, 1.807) is 4.68 Å². The number of rotatable bonds is 4. The monoisotopic (exact) mass is 297 g/mol. The Kier molecular flexibility index (Phi) is 3.85. The summed E-state index contributed by atoms with van der Waals surface area (Å²) < 4.78 is 1.69. The Bertz CT molecular complexity index is 805. The summed E-state index contributed by atoms with van der Waals surface area (Å²) in [5, 5.41) is 14.5. The van der Waals surface area contributed by atoms with Gasteiger partial charge in [-0.2, -0.15) is 9.78 Å². The van der Waals surface area contributed by atoms with Gasteiger partial charge in [-0.05, 0) is 51.3 Å². The Balaban J connectivity index is 2.11. The Hall–Kier alpha value is -2.34. The van der Waals surface area contributed by atoms with Crippen LogP contribution in [0.3, 0.4) is 0 Å². The highest BCUT2D eigenvalue weighted by Crippen LogP contribution is 2.20. The predicted octanol–water partition coefficient (Wildman–Crippen LogP) is 2.06. The maximum atomic E-state index is 8.95. The van der Waals surface area contributed by atoms with Gasteiger partial charge in [-0.1, -0.05) is 0 Å².